The number of aromatic nitrogens is 1. The Morgan fingerprint density at radius 3 is 2.59 bits per heavy atom. The Hall–Kier alpha value is -1.05. The van der Waals surface area contributed by atoms with Gasteiger partial charge >= 0.3 is 0 Å². The molecule has 1 atom stereocenters. The highest BCUT2D eigenvalue weighted by atomic mass is 32.2. The maximum Gasteiger partial charge on any atom is 0.242 e. The average molecular weight is 261 g/mol. The zero-order chi connectivity index (χ0) is 13.1. The lowest BCUT2D eigenvalue weighted by molar-refractivity contribution is 0.454. The van der Waals surface area contributed by atoms with Gasteiger partial charge in [-0.1, -0.05) is 13.8 Å². The van der Waals surface area contributed by atoms with Crippen LogP contribution in [0.2, 0.25) is 0 Å². The minimum absolute atomic E-state index is 0.0521. The van der Waals surface area contributed by atoms with E-state index in [4.69, 9.17) is 5.73 Å². The lowest BCUT2D eigenvalue weighted by Gasteiger charge is -2.20. The number of nitrogens with one attached hydrogen (secondary N) is 1. The van der Waals surface area contributed by atoms with E-state index >= 15 is 0 Å². The summed E-state index contributed by atoms with van der Waals surface area (Å²) in [5.41, 5.74) is 5.47. The zero-order valence-corrected chi connectivity index (χ0v) is 10.5. The van der Waals surface area contributed by atoms with Gasteiger partial charge in [-0.3, -0.25) is 4.98 Å². The monoisotopic (exact) mass is 261 g/mol. The predicted octanol–water partition coefficient (Wildman–Crippen LogP) is 0.482. The van der Waals surface area contributed by atoms with E-state index < -0.39 is 15.8 Å². The fraction of sp³-hybridized carbons (Fsp3) is 0.500. The molecule has 17 heavy (non-hydrogen) atoms. The van der Waals surface area contributed by atoms with Crippen LogP contribution < -0.4 is 10.5 Å². The van der Waals surface area contributed by atoms with Crippen LogP contribution in [0.5, 0.6) is 0 Å². The van der Waals surface area contributed by atoms with Crippen LogP contribution in [0, 0.1) is 11.7 Å². The van der Waals surface area contributed by atoms with Crippen molar-refractivity contribution in [1.29, 1.82) is 0 Å². The molecular weight excluding hydrogens is 245 g/mol. The number of pyridine rings is 1. The van der Waals surface area contributed by atoms with E-state index in [2.05, 4.69) is 9.71 Å². The third-order valence-corrected chi connectivity index (χ3v) is 3.81. The molecule has 96 valence electrons. The van der Waals surface area contributed by atoms with Crippen molar-refractivity contribution in [3.63, 3.8) is 0 Å². The topological polar surface area (TPSA) is 85.1 Å². The van der Waals surface area contributed by atoms with E-state index in [0.29, 0.717) is 0 Å². The summed E-state index contributed by atoms with van der Waals surface area (Å²) in [6.07, 6.45) is 2.04. The van der Waals surface area contributed by atoms with Crippen LogP contribution >= 0.6 is 0 Å². The highest BCUT2D eigenvalue weighted by Gasteiger charge is 2.21. The van der Waals surface area contributed by atoms with Crippen LogP contribution in [0.4, 0.5) is 4.39 Å². The van der Waals surface area contributed by atoms with Crippen molar-refractivity contribution in [3.8, 4) is 0 Å². The summed E-state index contributed by atoms with van der Waals surface area (Å²) >= 11 is 0. The minimum Gasteiger partial charge on any atom is -0.329 e. The van der Waals surface area contributed by atoms with Crippen molar-refractivity contribution in [2.45, 2.75) is 24.8 Å². The van der Waals surface area contributed by atoms with E-state index in [1.54, 1.807) is 0 Å². The van der Waals surface area contributed by atoms with Crippen molar-refractivity contribution < 1.29 is 12.8 Å². The molecule has 0 bridgehead atoms. The normalized spacial score (nSPS) is 13.9. The average Bonchev–Trinajstić information content (AvgIpc) is 2.25. The van der Waals surface area contributed by atoms with Gasteiger partial charge in [-0.25, -0.2) is 17.5 Å². The largest absolute Gasteiger partial charge is 0.329 e. The molecule has 1 heterocycles. The summed E-state index contributed by atoms with van der Waals surface area (Å²) in [7, 11) is -3.77. The molecule has 5 nitrogen and oxygen atoms in total. The van der Waals surface area contributed by atoms with Crippen LogP contribution in [0.15, 0.2) is 23.4 Å². The SMILES string of the molecule is CC(C)C(CN)NS(=O)(=O)c1cncc(F)c1. The summed E-state index contributed by atoms with van der Waals surface area (Å²) in [5, 5.41) is 0. The first kappa shape index (κ1) is 14.0. The van der Waals surface area contributed by atoms with Crippen molar-refractivity contribution in [3.05, 3.63) is 24.3 Å². The van der Waals surface area contributed by atoms with Gasteiger partial charge in [0.2, 0.25) is 10.0 Å². The molecule has 0 aliphatic heterocycles. The third-order valence-electron chi connectivity index (χ3n) is 2.36. The molecule has 1 rings (SSSR count). The Labute approximate surface area is 100 Å². The fourth-order valence-corrected chi connectivity index (χ4v) is 2.63. The number of nitrogens with zero attached hydrogens (tertiary/aromatic N) is 1. The van der Waals surface area contributed by atoms with Crippen molar-refractivity contribution in [2.75, 3.05) is 6.54 Å². The Morgan fingerprint density at radius 1 is 1.47 bits per heavy atom. The van der Waals surface area contributed by atoms with Gasteiger partial charge in [0, 0.05) is 18.8 Å². The molecule has 0 aromatic carbocycles. The molecule has 0 radical (unpaired) electrons. The summed E-state index contributed by atoms with van der Waals surface area (Å²) in [6, 6.07) is 0.534. The van der Waals surface area contributed by atoms with Crippen LogP contribution in [0.1, 0.15) is 13.8 Å². The third kappa shape index (κ3) is 3.72. The van der Waals surface area contributed by atoms with Gasteiger partial charge in [0.15, 0.2) is 0 Å². The van der Waals surface area contributed by atoms with Crippen LogP contribution in [-0.2, 0) is 10.0 Å². The van der Waals surface area contributed by atoms with E-state index in [1.165, 1.54) is 0 Å². The molecule has 1 unspecified atom stereocenters. The van der Waals surface area contributed by atoms with Crippen LogP contribution in [-0.4, -0.2) is 26.0 Å². The van der Waals surface area contributed by atoms with Crippen molar-refractivity contribution >= 4 is 10.0 Å². The lowest BCUT2D eigenvalue weighted by Crippen LogP contribution is -2.43. The van der Waals surface area contributed by atoms with E-state index in [1.807, 2.05) is 13.8 Å². The van der Waals surface area contributed by atoms with Gasteiger partial charge in [-0.15, -0.1) is 0 Å². The van der Waals surface area contributed by atoms with Gasteiger partial charge in [0.05, 0.1) is 6.20 Å². The van der Waals surface area contributed by atoms with E-state index in [9.17, 15) is 12.8 Å². The zero-order valence-electron chi connectivity index (χ0n) is 9.72. The summed E-state index contributed by atoms with van der Waals surface area (Å²) in [6.45, 7) is 3.88. The molecule has 1 aromatic rings. The van der Waals surface area contributed by atoms with Crippen molar-refractivity contribution in [1.82, 2.24) is 9.71 Å². The van der Waals surface area contributed by atoms with Gasteiger partial charge in [0.1, 0.15) is 10.7 Å². The summed E-state index contributed by atoms with van der Waals surface area (Å²) in [5.74, 6) is -0.641. The molecular formula is C10H16FN3O2S. The second kappa shape index (κ2) is 5.52. The first-order valence-electron chi connectivity index (χ1n) is 5.19. The number of halogens is 1. The molecule has 1 aromatic heterocycles. The molecule has 0 aliphatic carbocycles. The first-order chi connectivity index (χ1) is 7.86. The highest BCUT2D eigenvalue weighted by Crippen LogP contribution is 2.11. The maximum absolute atomic E-state index is 12.9. The lowest BCUT2D eigenvalue weighted by atomic mass is 10.1. The Kier molecular flexibility index (Phi) is 4.55. The summed E-state index contributed by atoms with van der Waals surface area (Å²) < 4.78 is 39.1. The molecule has 0 saturated heterocycles. The number of rotatable bonds is 5. The molecule has 0 spiro atoms. The maximum atomic E-state index is 12.9. The number of hydrogen-bond acceptors (Lipinski definition) is 4. The number of nitrogens with two attached hydrogens (primary N) is 1. The van der Waals surface area contributed by atoms with Crippen LogP contribution in [0.25, 0.3) is 0 Å². The van der Waals surface area contributed by atoms with E-state index in [0.717, 1.165) is 18.5 Å². The Morgan fingerprint density at radius 2 is 2.12 bits per heavy atom. The highest BCUT2D eigenvalue weighted by molar-refractivity contribution is 7.89. The van der Waals surface area contributed by atoms with Crippen LogP contribution in [0.3, 0.4) is 0 Å². The molecule has 0 fully saturated rings. The second-order valence-corrected chi connectivity index (χ2v) is 5.76. The first-order valence-corrected chi connectivity index (χ1v) is 6.68. The second-order valence-electron chi connectivity index (χ2n) is 4.05. The predicted molar refractivity (Wildman–Crippen MR) is 62.2 cm³/mol. The Balaban J connectivity index is 2.96. The van der Waals surface area contributed by atoms with Gasteiger partial charge in [-0.05, 0) is 12.0 Å². The quantitative estimate of drug-likeness (QED) is 0.807. The molecule has 3 N–H and O–H groups in total. The number of hydrogen-bond donors (Lipinski definition) is 2. The smallest absolute Gasteiger partial charge is 0.242 e. The van der Waals surface area contributed by atoms with E-state index in [-0.39, 0.29) is 23.4 Å². The number of sulfonamides is 1. The summed E-state index contributed by atoms with van der Waals surface area (Å²) in [4.78, 5) is 3.31. The molecule has 0 saturated carbocycles. The van der Waals surface area contributed by atoms with Gasteiger partial charge in [-0.2, -0.15) is 0 Å². The molecule has 0 aliphatic rings. The fourth-order valence-electron chi connectivity index (χ4n) is 1.26. The molecule has 7 heteroatoms. The minimum atomic E-state index is -3.77. The van der Waals surface area contributed by atoms with Crippen molar-refractivity contribution in [2.24, 2.45) is 11.7 Å². The molecule has 0 amide bonds. The standard InChI is InChI=1S/C10H16FN3O2S/c1-7(2)10(4-12)14-17(15,16)9-3-8(11)5-13-6-9/h3,5-7,10,14H,4,12H2,1-2H3. The van der Waals surface area contributed by atoms with Gasteiger partial charge in [0.25, 0.3) is 0 Å². The van der Waals surface area contributed by atoms with Gasteiger partial charge < -0.3 is 5.73 Å². The Bertz CT molecular complexity index is 476.